The molecule has 1 N–H and O–H groups in total. The number of amides is 2. The number of hydrogen-bond acceptors (Lipinski definition) is 4. The predicted molar refractivity (Wildman–Crippen MR) is 106 cm³/mol. The van der Waals surface area contributed by atoms with Crippen LogP contribution in [0.4, 0.5) is 15.8 Å². The second kappa shape index (κ2) is 7.20. The summed E-state index contributed by atoms with van der Waals surface area (Å²) < 4.78 is 20.8. The molecule has 2 heterocycles. The maximum Gasteiger partial charge on any atom is 0.420 e. The number of nitrogens with zero attached hydrogens (tertiary/aromatic N) is 2. The third kappa shape index (κ3) is 3.41. The Morgan fingerprint density at radius 2 is 1.97 bits per heavy atom. The number of rotatable bonds is 4. The molecule has 3 aromatic rings. The lowest BCUT2D eigenvalue weighted by molar-refractivity contribution is -0.122. The van der Waals surface area contributed by atoms with Crippen molar-refractivity contribution < 1.29 is 18.4 Å². The van der Waals surface area contributed by atoms with Crippen molar-refractivity contribution in [2.75, 3.05) is 16.8 Å². The third-order valence-corrected chi connectivity index (χ3v) is 5.04. The molecule has 4 rings (SSSR count). The third-order valence-electron chi connectivity index (χ3n) is 5.04. The normalized spacial score (nSPS) is 16.8. The standard InChI is InChI=1S/C21H20FN3O4/c1-12(2)25-17-8-7-14(10-18(17)29-21(25)28)23-20(27)13-9-19(26)24(11-13)16-6-4-3-5-15(16)22/h3-8,10,12-13H,9,11H2,1-2H3,(H,23,27). The monoisotopic (exact) mass is 397 g/mol. The van der Waals surface area contributed by atoms with Crippen molar-refractivity contribution in [3.8, 4) is 0 Å². The van der Waals surface area contributed by atoms with E-state index in [1.807, 2.05) is 13.8 Å². The van der Waals surface area contributed by atoms with Gasteiger partial charge in [-0.05, 0) is 38.1 Å². The maximum atomic E-state index is 14.0. The van der Waals surface area contributed by atoms with Crippen LogP contribution in [0.1, 0.15) is 26.3 Å². The summed E-state index contributed by atoms with van der Waals surface area (Å²) in [4.78, 5) is 38.2. The van der Waals surface area contributed by atoms with Crippen molar-refractivity contribution in [2.45, 2.75) is 26.3 Å². The van der Waals surface area contributed by atoms with Gasteiger partial charge in [0.25, 0.3) is 0 Å². The first-order valence-electron chi connectivity index (χ1n) is 9.36. The molecule has 1 fully saturated rings. The van der Waals surface area contributed by atoms with Gasteiger partial charge in [-0.3, -0.25) is 14.2 Å². The first-order chi connectivity index (χ1) is 13.8. The first-order valence-corrected chi connectivity index (χ1v) is 9.36. The molecule has 150 valence electrons. The number of aromatic nitrogens is 1. The Kier molecular flexibility index (Phi) is 4.70. The van der Waals surface area contributed by atoms with E-state index in [-0.39, 0.29) is 36.5 Å². The minimum Gasteiger partial charge on any atom is -0.408 e. The highest BCUT2D eigenvalue weighted by Crippen LogP contribution is 2.28. The van der Waals surface area contributed by atoms with Crippen molar-refractivity contribution in [1.29, 1.82) is 0 Å². The van der Waals surface area contributed by atoms with Gasteiger partial charge in [0.15, 0.2) is 5.58 Å². The summed E-state index contributed by atoms with van der Waals surface area (Å²) in [6.07, 6.45) is 0.00121. The molecule has 29 heavy (non-hydrogen) atoms. The Morgan fingerprint density at radius 1 is 1.21 bits per heavy atom. The minimum absolute atomic E-state index is 0.00121. The van der Waals surface area contributed by atoms with E-state index < -0.39 is 17.5 Å². The second-order valence-corrected chi connectivity index (χ2v) is 7.36. The molecule has 0 radical (unpaired) electrons. The number of carbonyl (C=O) groups is 2. The van der Waals surface area contributed by atoms with Gasteiger partial charge in [0, 0.05) is 30.8 Å². The number of fused-ring (bicyclic) bond motifs is 1. The topological polar surface area (TPSA) is 84.5 Å². The summed E-state index contributed by atoms with van der Waals surface area (Å²) in [5.41, 5.74) is 1.65. The van der Waals surface area contributed by atoms with Crippen LogP contribution in [0.2, 0.25) is 0 Å². The van der Waals surface area contributed by atoms with Crippen molar-refractivity contribution >= 4 is 34.3 Å². The highest BCUT2D eigenvalue weighted by atomic mass is 19.1. The molecule has 0 bridgehead atoms. The van der Waals surface area contributed by atoms with E-state index in [4.69, 9.17) is 4.42 Å². The van der Waals surface area contributed by atoms with Gasteiger partial charge in [-0.25, -0.2) is 9.18 Å². The molecule has 0 aliphatic carbocycles. The Bertz CT molecular complexity index is 1160. The Balaban J connectivity index is 1.52. The molecule has 2 aromatic carbocycles. The molecule has 1 saturated heterocycles. The van der Waals surface area contributed by atoms with Gasteiger partial charge >= 0.3 is 5.76 Å². The summed E-state index contributed by atoms with van der Waals surface area (Å²) in [6, 6.07) is 10.9. The second-order valence-electron chi connectivity index (χ2n) is 7.36. The lowest BCUT2D eigenvalue weighted by Crippen LogP contribution is -2.28. The van der Waals surface area contributed by atoms with Crippen LogP contribution < -0.4 is 16.0 Å². The van der Waals surface area contributed by atoms with Crippen molar-refractivity contribution in [2.24, 2.45) is 5.92 Å². The van der Waals surface area contributed by atoms with Crippen LogP contribution in [0, 0.1) is 11.7 Å². The number of anilines is 2. The van der Waals surface area contributed by atoms with Gasteiger partial charge in [-0.1, -0.05) is 12.1 Å². The quantitative estimate of drug-likeness (QED) is 0.732. The zero-order valence-corrected chi connectivity index (χ0v) is 16.0. The maximum absolute atomic E-state index is 14.0. The Morgan fingerprint density at radius 3 is 2.69 bits per heavy atom. The van der Waals surface area contributed by atoms with Crippen LogP contribution in [0.25, 0.3) is 11.1 Å². The lowest BCUT2D eigenvalue weighted by atomic mass is 10.1. The molecule has 1 aliphatic heterocycles. The fourth-order valence-electron chi connectivity index (χ4n) is 3.63. The number of nitrogens with one attached hydrogen (secondary N) is 1. The van der Waals surface area contributed by atoms with Crippen molar-refractivity contribution in [3.63, 3.8) is 0 Å². The smallest absolute Gasteiger partial charge is 0.408 e. The molecule has 1 atom stereocenters. The summed E-state index contributed by atoms with van der Waals surface area (Å²) in [5, 5.41) is 2.76. The Labute approximate surface area is 165 Å². The van der Waals surface area contributed by atoms with Gasteiger partial charge in [0.1, 0.15) is 5.82 Å². The van der Waals surface area contributed by atoms with Gasteiger partial charge in [0.05, 0.1) is 17.1 Å². The van der Waals surface area contributed by atoms with Crippen LogP contribution in [0.15, 0.2) is 51.7 Å². The Hall–Kier alpha value is -3.42. The van der Waals surface area contributed by atoms with E-state index in [9.17, 15) is 18.8 Å². The number of oxazole rings is 1. The molecule has 1 aromatic heterocycles. The largest absolute Gasteiger partial charge is 0.420 e. The van der Waals surface area contributed by atoms with E-state index in [0.717, 1.165) is 0 Å². The van der Waals surface area contributed by atoms with Gasteiger partial charge < -0.3 is 14.6 Å². The van der Waals surface area contributed by atoms with E-state index in [1.54, 1.807) is 30.3 Å². The van der Waals surface area contributed by atoms with E-state index in [2.05, 4.69) is 5.32 Å². The zero-order valence-electron chi connectivity index (χ0n) is 16.0. The van der Waals surface area contributed by atoms with Crippen LogP contribution in [0.3, 0.4) is 0 Å². The number of benzene rings is 2. The molecule has 8 heteroatoms. The van der Waals surface area contributed by atoms with Gasteiger partial charge in [-0.2, -0.15) is 0 Å². The number of carbonyl (C=O) groups excluding carboxylic acids is 2. The highest BCUT2D eigenvalue weighted by molar-refractivity contribution is 6.03. The van der Waals surface area contributed by atoms with Crippen molar-refractivity contribution in [1.82, 2.24) is 4.57 Å². The average Bonchev–Trinajstić information content (AvgIpc) is 3.21. The number of para-hydroxylation sites is 1. The lowest BCUT2D eigenvalue weighted by Gasteiger charge is -2.17. The first kappa shape index (κ1) is 18.9. The fourth-order valence-corrected chi connectivity index (χ4v) is 3.63. The number of hydrogen-bond donors (Lipinski definition) is 1. The van der Waals surface area contributed by atoms with E-state index in [1.165, 1.54) is 21.6 Å². The molecule has 7 nitrogen and oxygen atoms in total. The summed E-state index contributed by atoms with van der Waals surface area (Å²) in [5.74, 6) is -2.21. The molecule has 1 unspecified atom stereocenters. The molecule has 2 amide bonds. The molecule has 0 spiro atoms. The van der Waals surface area contributed by atoms with E-state index >= 15 is 0 Å². The zero-order chi connectivity index (χ0) is 20.7. The molecular formula is C21H20FN3O4. The fraction of sp³-hybridized carbons (Fsp3) is 0.286. The predicted octanol–water partition coefficient (Wildman–Crippen LogP) is 3.31. The molecule has 0 saturated carbocycles. The number of halogens is 1. The van der Waals surface area contributed by atoms with E-state index in [0.29, 0.717) is 16.8 Å². The van der Waals surface area contributed by atoms with Gasteiger partial charge in [-0.15, -0.1) is 0 Å². The minimum atomic E-state index is -0.606. The summed E-state index contributed by atoms with van der Waals surface area (Å²) in [7, 11) is 0. The SMILES string of the molecule is CC(C)n1c(=O)oc2cc(NC(=O)C3CC(=O)N(c4ccccc4F)C3)ccc21. The molecule has 1 aliphatic rings. The average molecular weight is 397 g/mol. The van der Waals surface area contributed by atoms with Crippen LogP contribution in [-0.2, 0) is 9.59 Å². The van der Waals surface area contributed by atoms with Crippen LogP contribution >= 0.6 is 0 Å². The summed E-state index contributed by atoms with van der Waals surface area (Å²) in [6.45, 7) is 3.86. The van der Waals surface area contributed by atoms with Crippen LogP contribution in [-0.4, -0.2) is 22.9 Å². The molecular weight excluding hydrogens is 377 g/mol. The summed E-state index contributed by atoms with van der Waals surface area (Å²) >= 11 is 0. The highest BCUT2D eigenvalue weighted by Gasteiger charge is 2.36. The van der Waals surface area contributed by atoms with Crippen LogP contribution in [0.5, 0.6) is 0 Å². The van der Waals surface area contributed by atoms with Gasteiger partial charge in [0.2, 0.25) is 11.8 Å². The van der Waals surface area contributed by atoms with Crippen molar-refractivity contribution in [3.05, 3.63) is 58.8 Å².